The van der Waals surface area contributed by atoms with Gasteiger partial charge in [0.25, 0.3) is 0 Å². The second kappa shape index (κ2) is 8.65. The van der Waals surface area contributed by atoms with E-state index in [0.29, 0.717) is 33.2 Å². The number of hydrogen-bond acceptors (Lipinski definition) is 4. The number of hydrogen-bond donors (Lipinski definition) is 2. The molecule has 0 atom stereocenters. The van der Waals surface area contributed by atoms with Gasteiger partial charge in [-0.2, -0.15) is 4.98 Å². The van der Waals surface area contributed by atoms with Crippen LogP contribution in [-0.4, -0.2) is 26.0 Å². The number of carboxylic acid groups (broad SMARTS) is 1. The number of aromatic nitrogens is 3. The molecule has 2 heterocycles. The van der Waals surface area contributed by atoms with Crippen LogP contribution >= 0.6 is 11.6 Å². The average Bonchev–Trinajstić information content (AvgIpc) is 3.21. The van der Waals surface area contributed by atoms with E-state index in [9.17, 15) is 9.90 Å². The van der Waals surface area contributed by atoms with Crippen molar-refractivity contribution in [3.05, 3.63) is 94.5 Å². The SMILES string of the molecule is Cc1ccc(-c2ccc(-c3nc4nc(Oc5ccc(C)c(C(=O)O)c5)[nH]c4cc3Cl)cc2)cc1. The van der Waals surface area contributed by atoms with Crippen molar-refractivity contribution in [1.29, 1.82) is 0 Å². The van der Waals surface area contributed by atoms with E-state index in [0.717, 1.165) is 16.7 Å². The zero-order valence-corrected chi connectivity index (χ0v) is 19.2. The molecule has 0 aliphatic heterocycles. The number of benzene rings is 3. The average molecular weight is 470 g/mol. The lowest BCUT2D eigenvalue weighted by molar-refractivity contribution is 0.0695. The molecule has 0 saturated carbocycles. The Morgan fingerprint density at radius 3 is 2.21 bits per heavy atom. The van der Waals surface area contributed by atoms with Crippen molar-refractivity contribution in [3.63, 3.8) is 0 Å². The van der Waals surface area contributed by atoms with Crippen LogP contribution in [0.1, 0.15) is 21.5 Å². The lowest BCUT2D eigenvalue weighted by Gasteiger charge is -2.06. The highest BCUT2D eigenvalue weighted by Crippen LogP contribution is 2.32. The molecular formula is C27H20ClN3O3. The molecular weight excluding hydrogens is 450 g/mol. The summed E-state index contributed by atoms with van der Waals surface area (Å²) in [6.07, 6.45) is 0. The third-order valence-corrected chi connectivity index (χ3v) is 5.89. The summed E-state index contributed by atoms with van der Waals surface area (Å²) in [4.78, 5) is 23.5. The maximum Gasteiger partial charge on any atom is 0.336 e. The van der Waals surface area contributed by atoms with Crippen molar-refractivity contribution in [1.82, 2.24) is 15.0 Å². The predicted molar refractivity (Wildman–Crippen MR) is 133 cm³/mol. The summed E-state index contributed by atoms with van der Waals surface area (Å²) in [6, 6.07) is 23.2. The van der Waals surface area contributed by atoms with E-state index in [1.54, 1.807) is 25.1 Å². The molecule has 0 amide bonds. The van der Waals surface area contributed by atoms with Gasteiger partial charge < -0.3 is 14.8 Å². The molecule has 2 N–H and O–H groups in total. The molecule has 3 aromatic carbocycles. The number of nitrogens with zero attached hydrogens (tertiary/aromatic N) is 2. The van der Waals surface area contributed by atoms with Gasteiger partial charge in [-0.05, 0) is 48.7 Å². The number of fused-ring (bicyclic) bond motifs is 1. The summed E-state index contributed by atoms with van der Waals surface area (Å²) in [5.74, 6) is -0.654. The smallest absolute Gasteiger partial charge is 0.336 e. The van der Waals surface area contributed by atoms with E-state index >= 15 is 0 Å². The Morgan fingerprint density at radius 1 is 0.882 bits per heavy atom. The normalized spacial score (nSPS) is 11.0. The quantitative estimate of drug-likeness (QED) is 0.288. The van der Waals surface area contributed by atoms with Crippen LogP contribution in [0.15, 0.2) is 72.8 Å². The van der Waals surface area contributed by atoms with Crippen LogP contribution in [0.25, 0.3) is 33.5 Å². The van der Waals surface area contributed by atoms with Gasteiger partial charge in [0.05, 0.1) is 21.8 Å². The second-order valence-corrected chi connectivity index (χ2v) is 8.47. The molecule has 34 heavy (non-hydrogen) atoms. The van der Waals surface area contributed by atoms with Crippen molar-refractivity contribution in [2.75, 3.05) is 0 Å². The number of nitrogens with one attached hydrogen (secondary N) is 1. The molecule has 0 fully saturated rings. The van der Waals surface area contributed by atoms with E-state index in [4.69, 9.17) is 16.3 Å². The number of pyridine rings is 1. The highest BCUT2D eigenvalue weighted by Gasteiger charge is 2.14. The Balaban J connectivity index is 1.44. The first kappa shape index (κ1) is 21.7. The number of halogens is 1. The fourth-order valence-corrected chi connectivity index (χ4v) is 3.98. The number of rotatable bonds is 5. The van der Waals surface area contributed by atoms with Gasteiger partial charge in [0, 0.05) is 5.56 Å². The molecule has 0 radical (unpaired) electrons. The van der Waals surface area contributed by atoms with Gasteiger partial charge in [0.15, 0.2) is 5.65 Å². The summed E-state index contributed by atoms with van der Waals surface area (Å²) in [6.45, 7) is 3.80. The van der Waals surface area contributed by atoms with E-state index in [2.05, 4.69) is 46.1 Å². The maximum atomic E-state index is 11.4. The summed E-state index contributed by atoms with van der Waals surface area (Å²) >= 11 is 6.54. The van der Waals surface area contributed by atoms with Crippen molar-refractivity contribution in [3.8, 4) is 34.1 Å². The minimum Gasteiger partial charge on any atom is -0.478 e. The van der Waals surface area contributed by atoms with Gasteiger partial charge in [-0.1, -0.05) is 71.8 Å². The van der Waals surface area contributed by atoms with Crippen LogP contribution in [-0.2, 0) is 0 Å². The molecule has 0 aliphatic rings. The molecule has 168 valence electrons. The number of imidazole rings is 1. The van der Waals surface area contributed by atoms with E-state index < -0.39 is 5.97 Å². The van der Waals surface area contributed by atoms with Gasteiger partial charge in [0.2, 0.25) is 0 Å². The number of carbonyl (C=O) groups is 1. The first-order valence-electron chi connectivity index (χ1n) is 10.6. The Hall–Kier alpha value is -4.16. The zero-order valence-electron chi connectivity index (χ0n) is 18.5. The van der Waals surface area contributed by atoms with Crippen LogP contribution in [0.2, 0.25) is 5.02 Å². The van der Waals surface area contributed by atoms with Crippen molar-refractivity contribution in [2.45, 2.75) is 13.8 Å². The number of ether oxygens (including phenoxy) is 1. The molecule has 0 aliphatic carbocycles. The molecule has 5 aromatic rings. The van der Waals surface area contributed by atoms with Crippen LogP contribution in [0, 0.1) is 13.8 Å². The minimum atomic E-state index is -1.01. The summed E-state index contributed by atoms with van der Waals surface area (Å²) in [5.41, 5.74) is 6.84. The number of aryl methyl sites for hydroxylation is 2. The summed E-state index contributed by atoms with van der Waals surface area (Å²) in [5, 5.41) is 9.81. The Kier molecular flexibility index (Phi) is 5.51. The fourth-order valence-electron chi connectivity index (χ4n) is 3.72. The number of aromatic amines is 1. The van der Waals surface area contributed by atoms with E-state index in [1.165, 1.54) is 11.6 Å². The largest absolute Gasteiger partial charge is 0.478 e. The van der Waals surface area contributed by atoms with Crippen molar-refractivity contribution >= 4 is 28.7 Å². The number of H-pyrrole nitrogens is 1. The highest BCUT2D eigenvalue weighted by molar-refractivity contribution is 6.33. The van der Waals surface area contributed by atoms with Gasteiger partial charge in [0.1, 0.15) is 5.75 Å². The molecule has 0 unspecified atom stereocenters. The lowest BCUT2D eigenvalue weighted by Crippen LogP contribution is -2.00. The zero-order chi connectivity index (χ0) is 23.8. The Bertz CT molecular complexity index is 1520. The summed E-state index contributed by atoms with van der Waals surface area (Å²) in [7, 11) is 0. The minimum absolute atomic E-state index is 0.172. The standard InChI is InChI=1S/C27H20ClN3O3/c1-15-3-6-17(7-4-15)18-8-10-19(11-9-18)24-22(28)14-23-25(30-24)31-27(29-23)34-20-12-5-16(2)21(13-20)26(32)33/h3-14H,1-2H3,(H,32,33)(H,29,30,31). The summed E-state index contributed by atoms with van der Waals surface area (Å²) < 4.78 is 5.75. The number of carboxylic acids is 1. The van der Waals surface area contributed by atoms with E-state index in [-0.39, 0.29) is 11.6 Å². The highest BCUT2D eigenvalue weighted by atomic mass is 35.5. The van der Waals surface area contributed by atoms with Gasteiger partial charge in [-0.3, -0.25) is 0 Å². The second-order valence-electron chi connectivity index (χ2n) is 8.06. The first-order chi connectivity index (χ1) is 16.4. The third-order valence-electron chi connectivity index (χ3n) is 5.60. The maximum absolute atomic E-state index is 11.4. The fraction of sp³-hybridized carbons (Fsp3) is 0.0741. The van der Waals surface area contributed by atoms with Crippen LogP contribution in [0.5, 0.6) is 11.8 Å². The van der Waals surface area contributed by atoms with Crippen LogP contribution in [0.3, 0.4) is 0 Å². The Morgan fingerprint density at radius 2 is 1.53 bits per heavy atom. The molecule has 0 saturated heterocycles. The lowest BCUT2D eigenvalue weighted by atomic mass is 10.0. The van der Waals surface area contributed by atoms with Crippen LogP contribution < -0.4 is 4.74 Å². The Labute approximate surface area is 200 Å². The van der Waals surface area contributed by atoms with Gasteiger partial charge in [-0.15, -0.1) is 0 Å². The predicted octanol–water partition coefficient (Wildman–Crippen LogP) is 7.05. The molecule has 0 bridgehead atoms. The monoisotopic (exact) mass is 469 g/mol. The van der Waals surface area contributed by atoms with E-state index in [1.807, 2.05) is 24.3 Å². The van der Waals surface area contributed by atoms with Crippen molar-refractivity contribution in [2.24, 2.45) is 0 Å². The molecule has 7 heteroatoms. The molecule has 6 nitrogen and oxygen atoms in total. The topological polar surface area (TPSA) is 88.1 Å². The first-order valence-corrected chi connectivity index (χ1v) is 11.0. The molecule has 5 rings (SSSR count). The number of aromatic carboxylic acids is 1. The van der Waals surface area contributed by atoms with Gasteiger partial charge >= 0.3 is 12.0 Å². The van der Waals surface area contributed by atoms with Crippen LogP contribution in [0.4, 0.5) is 0 Å². The molecule has 0 spiro atoms. The van der Waals surface area contributed by atoms with Crippen molar-refractivity contribution < 1.29 is 14.6 Å². The van der Waals surface area contributed by atoms with Gasteiger partial charge in [-0.25, -0.2) is 9.78 Å². The molecule has 2 aromatic heterocycles. The third kappa shape index (κ3) is 4.23.